The molecule has 0 aliphatic carbocycles. The largest absolute Gasteiger partial charge is 0.395 e. The predicted octanol–water partition coefficient (Wildman–Crippen LogP) is 3.25. The third-order valence-electron chi connectivity index (χ3n) is 2.77. The lowest BCUT2D eigenvalue weighted by Crippen LogP contribution is -2.14. The van der Waals surface area contributed by atoms with E-state index in [0.29, 0.717) is 11.3 Å². The van der Waals surface area contributed by atoms with Crippen LogP contribution in [0.15, 0.2) is 42.5 Å². The number of carbonyl (C=O) groups is 2. The standard InChI is InChI=1S/C15H14FN3O2.CH4/c1-9(20)18-11-7-5-10(6-8-11)15(21)19-13-4-2-3-12(16)14(13)17;/h2-8H,17H2,1H3,(H,18,20)(H,19,21);1H4. The van der Waals surface area contributed by atoms with Gasteiger partial charge in [-0.05, 0) is 36.4 Å². The van der Waals surface area contributed by atoms with E-state index in [0.717, 1.165) is 0 Å². The van der Waals surface area contributed by atoms with Gasteiger partial charge in [-0.1, -0.05) is 13.5 Å². The van der Waals surface area contributed by atoms with Crippen LogP contribution >= 0.6 is 0 Å². The molecule has 0 atom stereocenters. The molecular weight excluding hydrogens is 285 g/mol. The number of hydrogen-bond donors (Lipinski definition) is 3. The Bertz CT molecular complexity index is 684. The Morgan fingerprint density at radius 1 is 1.05 bits per heavy atom. The van der Waals surface area contributed by atoms with E-state index in [1.165, 1.54) is 25.1 Å². The molecule has 22 heavy (non-hydrogen) atoms. The van der Waals surface area contributed by atoms with Gasteiger partial charge < -0.3 is 16.4 Å². The van der Waals surface area contributed by atoms with Gasteiger partial charge in [-0.15, -0.1) is 0 Å². The Hall–Kier alpha value is -2.89. The molecule has 116 valence electrons. The van der Waals surface area contributed by atoms with E-state index >= 15 is 0 Å². The fourth-order valence-electron chi connectivity index (χ4n) is 1.75. The van der Waals surface area contributed by atoms with Crippen LogP contribution in [0.1, 0.15) is 24.7 Å². The number of halogens is 1. The van der Waals surface area contributed by atoms with Gasteiger partial charge in [-0.3, -0.25) is 9.59 Å². The number of nitrogen functional groups attached to an aromatic ring is 1. The van der Waals surface area contributed by atoms with Crippen molar-refractivity contribution in [2.75, 3.05) is 16.4 Å². The zero-order chi connectivity index (χ0) is 15.4. The molecule has 5 nitrogen and oxygen atoms in total. The number of nitrogens with two attached hydrogens (primary N) is 1. The first-order valence-electron chi connectivity index (χ1n) is 6.20. The SMILES string of the molecule is C.CC(=O)Nc1ccc(C(=O)Nc2cccc(F)c2N)cc1. The summed E-state index contributed by atoms with van der Waals surface area (Å²) in [6.45, 7) is 1.40. The monoisotopic (exact) mass is 303 g/mol. The number of anilines is 3. The average molecular weight is 303 g/mol. The van der Waals surface area contributed by atoms with Gasteiger partial charge in [0.05, 0.1) is 11.4 Å². The van der Waals surface area contributed by atoms with Gasteiger partial charge in [-0.2, -0.15) is 0 Å². The molecule has 0 saturated heterocycles. The van der Waals surface area contributed by atoms with Crippen molar-refractivity contribution in [3.8, 4) is 0 Å². The van der Waals surface area contributed by atoms with Crippen molar-refractivity contribution in [1.82, 2.24) is 0 Å². The van der Waals surface area contributed by atoms with Crippen LogP contribution in [0.25, 0.3) is 0 Å². The molecule has 0 spiro atoms. The summed E-state index contributed by atoms with van der Waals surface area (Å²) in [6, 6.07) is 10.5. The van der Waals surface area contributed by atoms with Gasteiger partial charge in [0.25, 0.3) is 5.91 Å². The van der Waals surface area contributed by atoms with Crippen molar-refractivity contribution in [2.24, 2.45) is 0 Å². The first-order valence-corrected chi connectivity index (χ1v) is 6.20. The summed E-state index contributed by atoms with van der Waals surface area (Å²) < 4.78 is 13.3. The van der Waals surface area contributed by atoms with Crippen LogP contribution in [0.4, 0.5) is 21.5 Å². The number of carbonyl (C=O) groups excluding carboxylic acids is 2. The maximum atomic E-state index is 13.3. The molecule has 2 rings (SSSR count). The van der Waals surface area contributed by atoms with E-state index in [1.807, 2.05) is 0 Å². The van der Waals surface area contributed by atoms with Crippen LogP contribution in [-0.2, 0) is 4.79 Å². The van der Waals surface area contributed by atoms with Crippen molar-refractivity contribution >= 4 is 28.9 Å². The third kappa shape index (κ3) is 4.05. The molecule has 0 aliphatic rings. The molecule has 0 fully saturated rings. The molecular formula is C16H18FN3O2. The topological polar surface area (TPSA) is 84.2 Å². The highest BCUT2D eigenvalue weighted by Gasteiger charge is 2.10. The van der Waals surface area contributed by atoms with Crippen molar-refractivity contribution in [1.29, 1.82) is 0 Å². The maximum Gasteiger partial charge on any atom is 0.255 e. The van der Waals surface area contributed by atoms with Gasteiger partial charge in [0.2, 0.25) is 5.91 Å². The zero-order valence-electron chi connectivity index (χ0n) is 11.3. The molecule has 2 aromatic carbocycles. The van der Waals surface area contributed by atoms with Gasteiger partial charge >= 0.3 is 0 Å². The smallest absolute Gasteiger partial charge is 0.255 e. The van der Waals surface area contributed by atoms with E-state index in [2.05, 4.69) is 10.6 Å². The Morgan fingerprint density at radius 3 is 2.27 bits per heavy atom. The van der Waals surface area contributed by atoms with Crippen LogP contribution in [0.3, 0.4) is 0 Å². The van der Waals surface area contributed by atoms with E-state index < -0.39 is 11.7 Å². The highest BCUT2D eigenvalue weighted by Crippen LogP contribution is 2.22. The molecule has 0 heterocycles. The highest BCUT2D eigenvalue weighted by atomic mass is 19.1. The Kier molecular flexibility index (Phi) is 5.63. The Morgan fingerprint density at radius 2 is 1.68 bits per heavy atom. The minimum atomic E-state index is -0.589. The summed E-state index contributed by atoms with van der Waals surface area (Å²) in [5.41, 5.74) is 6.61. The van der Waals surface area contributed by atoms with E-state index in [-0.39, 0.29) is 24.7 Å². The number of hydrogen-bond acceptors (Lipinski definition) is 3. The summed E-state index contributed by atoms with van der Waals surface area (Å²) in [6.07, 6.45) is 0. The second-order valence-electron chi connectivity index (χ2n) is 4.41. The zero-order valence-corrected chi connectivity index (χ0v) is 11.3. The van der Waals surface area contributed by atoms with Crippen molar-refractivity contribution in [3.05, 3.63) is 53.8 Å². The van der Waals surface area contributed by atoms with Gasteiger partial charge in [0, 0.05) is 18.2 Å². The summed E-state index contributed by atoms with van der Waals surface area (Å²) in [5.74, 6) is -1.20. The lowest BCUT2D eigenvalue weighted by atomic mass is 10.2. The molecule has 0 aromatic heterocycles. The Labute approximate surface area is 128 Å². The molecule has 0 radical (unpaired) electrons. The molecule has 0 bridgehead atoms. The number of benzene rings is 2. The summed E-state index contributed by atoms with van der Waals surface area (Å²) in [7, 11) is 0. The van der Waals surface area contributed by atoms with Gasteiger partial charge in [-0.25, -0.2) is 4.39 Å². The van der Waals surface area contributed by atoms with Crippen LogP contribution < -0.4 is 16.4 Å². The number of para-hydroxylation sites is 1. The first kappa shape index (κ1) is 17.2. The molecule has 0 saturated carbocycles. The lowest BCUT2D eigenvalue weighted by Gasteiger charge is -2.09. The maximum absolute atomic E-state index is 13.3. The predicted molar refractivity (Wildman–Crippen MR) is 86.2 cm³/mol. The minimum absolute atomic E-state index is 0. The second-order valence-corrected chi connectivity index (χ2v) is 4.41. The van der Waals surface area contributed by atoms with Crippen LogP contribution in [0, 0.1) is 5.82 Å². The summed E-state index contributed by atoms with van der Waals surface area (Å²) in [5, 5.41) is 5.13. The number of amides is 2. The van der Waals surface area contributed by atoms with Gasteiger partial charge in [0.15, 0.2) is 0 Å². The van der Waals surface area contributed by atoms with Crippen LogP contribution in [0.2, 0.25) is 0 Å². The first-order chi connectivity index (χ1) is 9.97. The van der Waals surface area contributed by atoms with Crippen LogP contribution in [-0.4, -0.2) is 11.8 Å². The molecule has 0 aliphatic heterocycles. The quantitative estimate of drug-likeness (QED) is 0.761. The molecule has 2 amide bonds. The van der Waals surface area contributed by atoms with Crippen molar-refractivity contribution < 1.29 is 14.0 Å². The fourth-order valence-corrected chi connectivity index (χ4v) is 1.75. The molecule has 4 N–H and O–H groups in total. The normalized spacial score (nSPS) is 9.55. The second kappa shape index (κ2) is 7.21. The third-order valence-corrected chi connectivity index (χ3v) is 2.77. The van der Waals surface area contributed by atoms with Crippen LogP contribution in [0.5, 0.6) is 0 Å². The Balaban J connectivity index is 0.00000242. The highest BCUT2D eigenvalue weighted by molar-refractivity contribution is 6.06. The van der Waals surface area contributed by atoms with Crippen molar-refractivity contribution in [3.63, 3.8) is 0 Å². The van der Waals surface area contributed by atoms with Gasteiger partial charge in [0.1, 0.15) is 5.82 Å². The number of rotatable bonds is 3. The molecule has 6 heteroatoms. The minimum Gasteiger partial charge on any atom is -0.395 e. The number of nitrogens with one attached hydrogen (secondary N) is 2. The summed E-state index contributed by atoms with van der Waals surface area (Å²) >= 11 is 0. The molecule has 0 unspecified atom stereocenters. The summed E-state index contributed by atoms with van der Waals surface area (Å²) in [4.78, 5) is 22.9. The molecule has 2 aromatic rings. The van der Waals surface area contributed by atoms with E-state index in [9.17, 15) is 14.0 Å². The van der Waals surface area contributed by atoms with E-state index in [4.69, 9.17) is 5.73 Å². The van der Waals surface area contributed by atoms with E-state index in [1.54, 1.807) is 24.3 Å². The lowest BCUT2D eigenvalue weighted by molar-refractivity contribution is -0.114. The average Bonchev–Trinajstić information content (AvgIpc) is 2.44. The van der Waals surface area contributed by atoms with Crippen molar-refractivity contribution in [2.45, 2.75) is 14.4 Å². The fraction of sp³-hybridized carbons (Fsp3) is 0.125.